The predicted octanol–water partition coefficient (Wildman–Crippen LogP) is 2.58. The number of nitrogens with one attached hydrogen (secondary N) is 4. The molecule has 3 rings (SSSR count). The Bertz CT molecular complexity index is 930. The van der Waals surface area contributed by atoms with Gasteiger partial charge in [0.1, 0.15) is 5.75 Å². The number of hydrogen-bond acceptors (Lipinski definition) is 4. The number of thiocarbonyl (C=S) groups is 1. The molecule has 0 fully saturated rings. The summed E-state index contributed by atoms with van der Waals surface area (Å²) in [6.45, 7) is 3.85. The van der Waals surface area contributed by atoms with E-state index >= 15 is 0 Å². The number of aryl methyl sites for hydroxylation is 2. The van der Waals surface area contributed by atoms with Crippen molar-refractivity contribution in [2.45, 2.75) is 26.7 Å². The zero-order valence-corrected chi connectivity index (χ0v) is 16.5. The van der Waals surface area contributed by atoms with Crippen LogP contribution < -0.4 is 26.2 Å². The number of ether oxygens (including phenoxy) is 1. The van der Waals surface area contributed by atoms with E-state index in [-0.39, 0.29) is 23.5 Å². The van der Waals surface area contributed by atoms with Crippen LogP contribution in [-0.4, -0.2) is 23.5 Å². The maximum absolute atomic E-state index is 12.0. The number of carbonyl (C=O) groups is 2. The van der Waals surface area contributed by atoms with Gasteiger partial charge in [0.2, 0.25) is 5.91 Å². The fourth-order valence-corrected chi connectivity index (χ4v) is 2.96. The number of anilines is 2. The molecule has 0 saturated carbocycles. The highest BCUT2D eigenvalue weighted by Gasteiger charge is 2.15. The minimum Gasteiger partial charge on any atom is -0.484 e. The summed E-state index contributed by atoms with van der Waals surface area (Å²) < 4.78 is 5.52. The van der Waals surface area contributed by atoms with Crippen LogP contribution in [0.5, 0.6) is 5.75 Å². The molecule has 0 atom stereocenters. The molecule has 0 spiro atoms. The lowest BCUT2D eigenvalue weighted by molar-refractivity contribution is -0.123. The molecule has 7 nitrogen and oxygen atoms in total. The monoisotopic (exact) mass is 398 g/mol. The second kappa shape index (κ2) is 8.71. The zero-order valence-electron chi connectivity index (χ0n) is 15.7. The maximum Gasteiger partial charge on any atom is 0.276 e. The van der Waals surface area contributed by atoms with Gasteiger partial charge in [0, 0.05) is 17.8 Å². The largest absolute Gasteiger partial charge is 0.484 e. The molecule has 2 aromatic rings. The van der Waals surface area contributed by atoms with Crippen molar-refractivity contribution in [1.29, 1.82) is 0 Å². The molecule has 0 aromatic heterocycles. The third-order valence-electron chi connectivity index (χ3n) is 4.51. The number of benzene rings is 2. The molecule has 0 bridgehead atoms. The summed E-state index contributed by atoms with van der Waals surface area (Å²) in [6.07, 6.45) is 1.11. The smallest absolute Gasteiger partial charge is 0.276 e. The molecule has 1 aliphatic rings. The Morgan fingerprint density at radius 1 is 1.18 bits per heavy atom. The van der Waals surface area contributed by atoms with Crippen molar-refractivity contribution in [1.82, 2.24) is 10.9 Å². The van der Waals surface area contributed by atoms with Crippen LogP contribution in [-0.2, 0) is 16.0 Å². The van der Waals surface area contributed by atoms with Crippen LogP contribution >= 0.6 is 12.2 Å². The van der Waals surface area contributed by atoms with Crippen LogP contribution in [0.25, 0.3) is 0 Å². The van der Waals surface area contributed by atoms with Crippen molar-refractivity contribution in [2.24, 2.45) is 0 Å². The van der Waals surface area contributed by atoms with Crippen molar-refractivity contribution < 1.29 is 14.3 Å². The van der Waals surface area contributed by atoms with Crippen LogP contribution in [0.2, 0.25) is 0 Å². The highest BCUT2D eigenvalue weighted by molar-refractivity contribution is 7.80. The molecule has 0 unspecified atom stereocenters. The predicted molar refractivity (Wildman–Crippen MR) is 112 cm³/mol. The Hall–Kier alpha value is -3.13. The van der Waals surface area contributed by atoms with Gasteiger partial charge in [-0.2, -0.15) is 0 Å². The van der Waals surface area contributed by atoms with E-state index in [4.69, 9.17) is 17.0 Å². The summed E-state index contributed by atoms with van der Waals surface area (Å²) in [7, 11) is 0. The number of hydrazine groups is 1. The number of fused-ring (bicyclic) bond motifs is 1. The summed E-state index contributed by atoms with van der Waals surface area (Å²) >= 11 is 5.20. The topological polar surface area (TPSA) is 91.5 Å². The van der Waals surface area contributed by atoms with E-state index in [1.165, 1.54) is 0 Å². The van der Waals surface area contributed by atoms with Crippen LogP contribution in [0.4, 0.5) is 11.4 Å². The normalized spacial score (nSPS) is 12.4. The molecule has 4 N–H and O–H groups in total. The van der Waals surface area contributed by atoms with Crippen molar-refractivity contribution in [2.75, 3.05) is 17.2 Å². The minimum absolute atomic E-state index is 0.0112. The van der Waals surface area contributed by atoms with Crippen LogP contribution in [0.1, 0.15) is 23.1 Å². The summed E-state index contributed by atoms with van der Waals surface area (Å²) in [5.41, 5.74) is 10.1. The van der Waals surface area contributed by atoms with Gasteiger partial charge in [-0.05, 0) is 73.4 Å². The Morgan fingerprint density at radius 3 is 2.82 bits per heavy atom. The first-order valence-corrected chi connectivity index (χ1v) is 9.31. The van der Waals surface area contributed by atoms with E-state index in [1.807, 2.05) is 38.1 Å². The van der Waals surface area contributed by atoms with E-state index in [0.29, 0.717) is 18.6 Å². The summed E-state index contributed by atoms with van der Waals surface area (Å²) in [5, 5.41) is 6.14. The Labute approximate surface area is 168 Å². The van der Waals surface area contributed by atoms with Gasteiger partial charge in [-0.15, -0.1) is 0 Å². The fourth-order valence-electron chi connectivity index (χ4n) is 2.80. The quantitative estimate of drug-likeness (QED) is 0.467. The van der Waals surface area contributed by atoms with Crippen LogP contribution in [0.15, 0.2) is 36.4 Å². The van der Waals surface area contributed by atoms with Gasteiger partial charge >= 0.3 is 0 Å². The second-order valence-corrected chi connectivity index (χ2v) is 6.94. The standard InChI is InChI=1S/C20H22N4O3S/c1-12-4-3-5-16(13(12)2)22-20(28)24-23-19(26)11-27-15-7-8-17-14(10-15)6-9-18(25)21-17/h3-5,7-8,10H,6,9,11H2,1-2H3,(H,21,25)(H,23,26)(H2,22,24,28). The summed E-state index contributed by atoms with van der Waals surface area (Å²) in [4.78, 5) is 23.4. The van der Waals surface area contributed by atoms with E-state index in [9.17, 15) is 9.59 Å². The Morgan fingerprint density at radius 2 is 2.00 bits per heavy atom. The molecular weight excluding hydrogens is 376 g/mol. The first kappa shape index (κ1) is 19.6. The number of rotatable bonds is 4. The average molecular weight is 398 g/mol. The van der Waals surface area contributed by atoms with Gasteiger partial charge in [0.15, 0.2) is 11.7 Å². The Kier molecular flexibility index (Phi) is 6.10. The van der Waals surface area contributed by atoms with Crippen LogP contribution in [0, 0.1) is 13.8 Å². The van der Waals surface area contributed by atoms with Gasteiger partial charge in [-0.1, -0.05) is 12.1 Å². The van der Waals surface area contributed by atoms with Crippen molar-refractivity contribution in [3.8, 4) is 5.75 Å². The second-order valence-electron chi connectivity index (χ2n) is 6.53. The van der Waals surface area contributed by atoms with Crippen molar-refractivity contribution >= 4 is 40.5 Å². The maximum atomic E-state index is 12.0. The lowest BCUT2D eigenvalue weighted by Crippen LogP contribution is -2.45. The highest BCUT2D eigenvalue weighted by Crippen LogP contribution is 2.26. The zero-order chi connectivity index (χ0) is 20.1. The highest BCUT2D eigenvalue weighted by atomic mass is 32.1. The van der Waals surface area contributed by atoms with Gasteiger partial charge in [0.25, 0.3) is 5.91 Å². The fraction of sp³-hybridized carbons (Fsp3) is 0.250. The van der Waals surface area contributed by atoms with Gasteiger partial charge in [-0.25, -0.2) is 0 Å². The van der Waals surface area contributed by atoms with Crippen LogP contribution in [0.3, 0.4) is 0 Å². The number of carbonyl (C=O) groups excluding carboxylic acids is 2. The molecule has 146 valence electrons. The van der Waals surface area contributed by atoms with Gasteiger partial charge in [-0.3, -0.25) is 20.4 Å². The van der Waals surface area contributed by atoms with E-state index in [0.717, 1.165) is 28.1 Å². The number of hydrogen-bond donors (Lipinski definition) is 4. The molecule has 1 aliphatic heterocycles. The molecule has 2 aromatic carbocycles. The molecular formula is C20H22N4O3S. The lowest BCUT2D eigenvalue weighted by Gasteiger charge is -2.18. The first-order chi connectivity index (χ1) is 13.4. The van der Waals surface area contributed by atoms with Gasteiger partial charge < -0.3 is 15.4 Å². The van der Waals surface area contributed by atoms with Crippen molar-refractivity contribution in [3.63, 3.8) is 0 Å². The molecule has 0 radical (unpaired) electrons. The third-order valence-corrected chi connectivity index (χ3v) is 4.71. The minimum atomic E-state index is -0.365. The van der Waals surface area contributed by atoms with E-state index in [2.05, 4.69) is 21.5 Å². The SMILES string of the molecule is Cc1cccc(NC(=S)NNC(=O)COc2ccc3c(c2)CCC(=O)N3)c1C. The number of amides is 2. The van der Waals surface area contributed by atoms with Gasteiger partial charge in [0.05, 0.1) is 0 Å². The molecule has 28 heavy (non-hydrogen) atoms. The van der Waals surface area contributed by atoms with E-state index in [1.54, 1.807) is 12.1 Å². The molecule has 1 heterocycles. The lowest BCUT2D eigenvalue weighted by atomic mass is 10.0. The summed E-state index contributed by atoms with van der Waals surface area (Å²) in [6, 6.07) is 11.2. The summed E-state index contributed by atoms with van der Waals surface area (Å²) in [5.74, 6) is 0.217. The molecule has 8 heteroatoms. The molecule has 0 aliphatic carbocycles. The first-order valence-electron chi connectivity index (χ1n) is 8.90. The molecule has 0 saturated heterocycles. The van der Waals surface area contributed by atoms with Crippen molar-refractivity contribution in [3.05, 3.63) is 53.1 Å². The Balaban J connectivity index is 1.45. The van der Waals surface area contributed by atoms with E-state index < -0.39 is 0 Å². The average Bonchev–Trinajstić information content (AvgIpc) is 2.68. The molecule has 2 amide bonds. The third kappa shape index (κ3) is 4.98.